The topological polar surface area (TPSA) is 78.8 Å². The van der Waals surface area contributed by atoms with Gasteiger partial charge in [0.1, 0.15) is 31.2 Å². The number of aromatic hydroxyl groups is 1. The Balaban J connectivity index is 0.000000968. The molecule has 0 aliphatic heterocycles. The van der Waals surface area contributed by atoms with Gasteiger partial charge in [0.2, 0.25) is 0 Å². The van der Waals surface area contributed by atoms with E-state index in [1.54, 1.807) is 44.6 Å². The molecule has 4 rings (SSSR count). The molecule has 4 aromatic rings. The largest absolute Gasteiger partial charge is 1.00 e. The first kappa shape index (κ1) is 50.4. The molecule has 0 fully saturated rings. The van der Waals surface area contributed by atoms with Gasteiger partial charge in [0, 0.05) is 5.56 Å². The van der Waals surface area contributed by atoms with Gasteiger partial charge in [-0.2, -0.15) is 0 Å². The van der Waals surface area contributed by atoms with Gasteiger partial charge in [-0.25, -0.2) is 0 Å². The molecule has 0 spiro atoms. The van der Waals surface area contributed by atoms with Crippen molar-refractivity contribution in [2.75, 3.05) is 40.5 Å². The van der Waals surface area contributed by atoms with E-state index in [0.717, 1.165) is 41.2 Å². The third-order valence-corrected chi connectivity index (χ3v) is 19.8. The first-order valence-corrected chi connectivity index (χ1v) is 29.1. The maximum absolute atomic E-state index is 10.7. The van der Waals surface area contributed by atoms with Gasteiger partial charge in [-0.3, -0.25) is 0 Å². The fourth-order valence-corrected chi connectivity index (χ4v) is 14.4. The molecule has 0 saturated heterocycles. The van der Waals surface area contributed by atoms with Crippen molar-refractivity contribution in [2.24, 2.45) is 5.41 Å². The number of rotatable bonds is 15. The molecule has 0 aliphatic rings. The molecule has 0 radical (unpaired) electrons. The quantitative estimate of drug-likeness (QED) is 0.112. The Morgan fingerprint density at radius 3 is 1.88 bits per heavy atom. The number of hydrogen-bond donors (Lipinski definition) is 1. The van der Waals surface area contributed by atoms with E-state index >= 15 is 0 Å². The summed E-state index contributed by atoms with van der Waals surface area (Å²) in [4.78, 5) is 11.6. The standard InChI is InChI=1S/C27H42NO2.C7H6O2S.C6H6O.C2H5.ClH.Hg.Na/c1-26(2,3)22-27(4,5)24-13-15-25(16-14-24)30-20-19-29-18-17-28(6,7)21-23-11-9-8-10-12-23;8-7(9)5-3-1-2-4-6(5)10;7-6-4-2-1-3-5-6;1-2;;;/h8-16H,17-22H2,1-7H3;1-4,10H,(H,8,9);1-5,7H;1H2,2H3;1H;;/q+1;;;;;2*+1/p-3. The van der Waals surface area contributed by atoms with Gasteiger partial charge in [-0.05, 0) is 47.1 Å². The van der Waals surface area contributed by atoms with Gasteiger partial charge in [0.15, 0.2) is 0 Å². The van der Waals surface area contributed by atoms with Crippen molar-refractivity contribution < 1.29 is 94.0 Å². The van der Waals surface area contributed by atoms with Crippen molar-refractivity contribution in [1.82, 2.24) is 0 Å². The minimum absolute atomic E-state index is 0. The molecule has 0 amide bonds. The van der Waals surface area contributed by atoms with Crippen LogP contribution in [0.1, 0.15) is 69.4 Å². The van der Waals surface area contributed by atoms with Crippen LogP contribution in [-0.2, 0) is 39.8 Å². The molecule has 0 saturated carbocycles. The van der Waals surface area contributed by atoms with Crippen molar-refractivity contribution in [3.63, 3.8) is 0 Å². The van der Waals surface area contributed by atoms with Gasteiger partial charge in [-0.1, -0.05) is 95.3 Å². The van der Waals surface area contributed by atoms with Gasteiger partial charge in [-0.15, -0.1) is 0 Å². The van der Waals surface area contributed by atoms with Crippen LogP contribution in [0.3, 0.4) is 0 Å². The number of carbonyl (C=O) groups excluding carboxylic acids is 1. The van der Waals surface area contributed by atoms with Crippen LogP contribution < -0.4 is 51.8 Å². The zero-order valence-electron chi connectivity index (χ0n) is 32.9. The number of phenols is 1. The van der Waals surface area contributed by atoms with Crippen LogP contribution in [0.15, 0.2) is 114 Å². The number of aromatic carboxylic acids is 1. The maximum Gasteiger partial charge on any atom is 1.00 e. The van der Waals surface area contributed by atoms with Crippen LogP contribution in [-0.4, -0.2) is 56.0 Å². The number of hydrogen-bond acceptors (Lipinski definition) is 6. The molecule has 0 unspecified atom stereocenters. The SMILES string of the molecule is CC(C)(C)CC(C)(C)c1ccc(OCCOCC[N+](C)(C)Cc2ccccc2)cc1.C[CH2][Hg][S]c1ccccc1C(=O)[O-].Oc1ccccc1.[Cl-].[Na+]. The van der Waals surface area contributed by atoms with E-state index < -0.39 is 29.0 Å². The van der Waals surface area contributed by atoms with Crippen molar-refractivity contribution in [3.05, 3.63) is 126 Å². The minimum atomic E-state index is -1.06. The van der Waals surface area contributed by atoms with Crippen LogP contribution >= 0.6 is 8.24 Å². The molecular formula is C42H57ClHgNNaO5S. The third kappa shape index (κ3) is 22.0. The van der Waals surface area contributed by atoms with Crippen molar-refractivity contribution in [2.45, 2.75) is 68.7 Å². The second-order valence-electron chi connectivity index (χ2n) is 14.9. The van der Waals surface area contributed by atoms with E-state index in [1.165, 1.54) is 15.1 Å². The number of carboxylic acid groups (broad SMARTS) is 1. The van der Waals surface area contributed by atoms with Gasteiger partial charge in [0.05, 0.1) is 27.3 Å². The normalized spacial score (nSPS) is 10.8. The van der Waals surface area contributed by atoms with Crippen LogP contribution in [0.2, 0.25) is 3.93 Å². The monoisotopic (exact) mass is 947 g/mol. The Morgan fingerprint density at radius 2 is 1.37 bits per heavy atom. The number of para-hydroxylation sites is 1. The number of ether oxygens (including phenoxy) is 2. The van der Waals surface area contributed by atoms with Gasteiger partial charge in [0.25, 0.3) is 0 Å². The molecule has 52 heavy (non-hydrogen) atoms. The molecule has 0 bridgehead atoms. The Morgan fingerprint density at radius 1 is 0.808 bits per heavy atom. The zero-order valence-corrected chi connectivity index (χ0v) is 41.9. The number of nitrogens with zero attached hydrogens (tertiary/aromatic N) is 1. The predicted molar refractivity (Wildman–Crippen MR) is 202 cm³/mol. The molecule has 0 aliphatic carbocycles. The molecule has 6 nitrogen and oxygen atoms in total. The summed E-state index contributed by atoms with van der Waals surface area (Å²) >= 11 is -0.888. The molecule has 276 valence electrons. The maximum atomic E-state index is 10.7. The Kier molecular flexibility index (Phi) is 25.5. The first-order valence-electron chi connectivity index (χ1n) is 17.5. The number of phenolic OH excluding ortho intramolecular Hbond substituents is 1. The third-order valence-electron chi connectivity index (χ3n) is 7.72. The predicted octanol–water partition coefficient (Wildman–Crippen LogP) is 3.05. The Hall–Kier alpha value is -1.55. The van der Waals surface area contributed by atoms with Crippen LogP contribution in [0.4, 0.5) is 0 Å². The summed E-state index contributed by atoms with van der Waals surface area (Å²) in [6, 6.07) is 35.0. The molecule has 0 heterocycles. The minimum Gasteiger partial charge on any atom is -1.00 e. The number of benzene rings is 4. The zero-order chi connectivity index (χ0) is 37.0. The van der Waals surface area contributed by atoms with E-state index in [2.05, 4.69) is 110 Å². The summed E-state index contributed by atoms with van der Waals surface area (Å²) in [6.07, 6.45) is 1.15. The molecule has 10 heteroatoms. The average Bonchev–Trinajstić information content (AvgIpc) is 3.06. The summed E-state index contributed by atoms with van der Waals surface area (Å²) < 4.78 is 13.9. The second-order valence-corrected chi connectivity index (χ2v) is 28.0. The van der Waals surface area contributed by atoms with Gasteiger partial charge >= 0.3 is 122 Å². The fraction of sp³-hybridized carbons (Fsp3) is 0.405. The van der Waals surface area contributed by atoms with Crippen molar-refractivity contribution in [1.29, 1.82) is 0 Å². The molecule has 0 atom stereocenters. The summed E-state index contributed by atoms with van der Waals surface area (Å²) in [5.41, 5.74) is 3.54. The smallest absolute Gasteiger partial charge is 1.00 e. The summed E-state index contributed by atoms with van der Waals surface area (Å²) in [7, 11) is 6.27. The van der Waals surface area contributed by atoms with Crippen LogP contribution in [0.25, 0.3) is 0 Å². The summed E-state index contributed by atoms with van der Waals surface area (Å²) in [5, 5.41) is 19.3. The van der Waals surface area contributed by atoms with E-state index in [-0.39, 0.29) is 47.4 Å². The second kappa shape index (κ2) is 26.3. The number of halogens is 1. The number of carbonyl (C=O) groups is 1. The summed E-state index contributed by atoms with van der Waals surface area (Å²) in [5.74, 6) is 0.171. The van der Waals surface area contributed by atoms with Crippen molar-refractivity contribution >= 4 is 14.2 Å². The average molecular weight is 947 g/mol. The van der Waals surface area contributed by atoms with Crippen LogP contribution in [0, 0.1) is 5.41 Å². The fourth-order valence-electron chi connectivity index (χ4n) is 5.62. The van der Waals surface area contributed by atoms with E-state index in [1.807, 2.05) is 18.2 Å². The molecule has 0 aromatic heterocycles. The van der Waals surface area contributed by atoms with E-state index in [9.17, 15) is 9.90 Å². The Labute approximate surface area is 356 Å². The number of likely N-dealkylation sites (N-methyl/N-ethyl adjacent to an activating group) is 1. The number of carboxylic acids is 1. The van der Waals surface area contributed by atoms with E-state index in [0.29, 0.717) is 29.9 Å². The molecular weight excluding hydrogens is 890 g/mol. The molecule has 1 N–H and O–H groups in total. The Bertz CT molecular complexity index is 1520. The number of quaternary nitrogens is 1. The van der Waals surface area contributed by atoms with E-state index in [4.69, 9.17) is 14.6 Å². The first-order chi connectivity index (χ1) is 23.6. The summed E-state index contributed by atoms with van der Waals surface area (Å²) in [6.45, 7) is 17.6. The van der Waals surface area contributed by atoms with Crippen LogP contribution in [0.5, 0.6) is 11.5 Å². The van der Waals surface area contributed by atoms with Gasteiger partial charge < -0.3 is 31.5 Å². The molecule has 4 aromatic carbocycles. The van der Waals surface area contributed by atoms with Crippen molar-refractivity contribution in [3.8, 4) is 11.5 Å².